The predicted molar refractivity (Wildman–Crippen MR) is 93.5 cm³/mol. The van der Waals surface area contributed by atoms with Gasteiger partial charge >= 0.3 is 0 Å². The molecule has 4 rings (SSSR count). The third-order valence-electron chi connectivity index (χ3n) is 4.35. The molecule has 0 aromatic carbocycles. The first kappa shape index (κ1) is 15.8. The van der Waals surface area contributed by atoms with Gasteiger partial charge in [0, 0.05) is 18.3 Å². The van der Waals surface area contributed by atoms with Crippen LogP contribution in [0.4, 0.5) is 5.95 Å². The summed E-state index contributed by atoms with van der Waals surface area (Å²) in [7, 11) is 0. The molecule has 2 aliphatic rings. The van der Waals surface area contributed by atoms with E-state index in [1.165, 1.54) is 19.3 Å². The Labute approximate surface area is 145 Å². The fourth-order valence-electron chi connectivity index (χ4n) is 3.08. The van der Waals surface area contributed by atoms with Crippen LogP contribution in [0.15, 0.2) is 40.1 Å². The van der Waals surface area contributed by atoms with Gasteiger partial charge in [0.25, 0.3) is 0 Å². The Kier molecular flexibility index (Phi) is 4.89. The number of allylic oxidation sites excluding steroid dienone is 1. The van der Waals surface area contributed by atoms with Crippen LogP contribution in [-0.4, -0.2) is 46.3 Å². The molecule has 1 aliphatic heterocycles. The maximum absolute atomic E-state index is 5.55. The van der Waals surface area contributed by atoms with Crippen molar-refractivity contribution in [2.75, 3.05) is 31.2 Å². The van der Waals surface area contributed by atoms with Crippen LogP contribution in [-0.2, 0) is 11.3 Å². The molecule has 24 heavy (non-hydrogen) atoms. The van der Waals surface area contributed by atoms with Gasteiger partial charge in [-0.25, -0.2) is 0 Å². The predicted octanol–water partition coefficient (Wildman–Crippen LogP) is 2.96. The van der Waals surface area contributed by atoms with Crippen LogP contribution in [0.3, 0.4) is 0 Å². The van der Waals surface area contributed by atoms with Crippen molar-refractivity contribution in [2.45, 2.75) is 36.2 Å². The maximum Gasteiger partial charge on any atom is 0.228 e. The number of furan rings is 1. The van der Waals surface area contributed by atoms with Crippen LogP contribution in [0.2, 0.25) is 0 Å². The number of hydrogen-bond acceptors (Lipinski definition) is 6. The van der Waals surface area contributed by atoms with Gasteiger partial charge in [0.05, 0.1) is 26.0 Å². The molecule has 0 radical (unpaired) electrons. The molecular formula is C17H22N4O2S. The highest BCUT2D eigenvalue weighted by Crippen LogP contribution is 2.31. The Morgan fingerprint density at radius 1 is 1.25 bits per heavy atom. The number of anilines is 1. The van der Waals surface area contributed by atoms with E-state index >= 15 is 0 Å². The van der Waals surface area contributed by atoms with E-state index in [0.29, 0.717) is 11.8 Å². The number of ether oxygens (including phenoxy) is 1. The lowest BCUT2D eigenvalue weighted by Gasteiger charge is -2.28. The van der Waals surface area contributed by atoms with E-state index in [-0.39, 0.29) is 0 Å². The zero-order valence-electron chi connectivity index (χ0n) is 13.6. The summed E-state index contributed by atoms with van der Waals surface area (Å²) in [5, 5.41) is 10.4. The standard InChI is InChI=1S/C17H22N4O2S/c1-2-6-15(7-3-1)24-17-19-18-16(20-8-11-22-12-9-20)21(17)13-14-5-4-10-23-14/h2,4-6,10,15H,1,3,7-9,11-13H2/t15-/m1/s1. The number of morpholine rings is 1. The van der Waals surface area contributed by atoms with E-state index in [0.717, 1.165) is 43.2 Å². The van der Waals surface area contributed by atoms with Gasteiger partial charge < -0.3 is 14.1 Å². The maximum atomic E-state index is 5.55. The first-order valence-corrected chi connectivity index (χ1v) is 9.40. The molecule has 0 saturated carbocycles. The third kappa shape index (κ3) is 3.52. The molecule has 6 nitrogen and oxygen atoms in total. The highest BCUT2D eigenvalue weighted by molar-refractivity contribution is 7.99. The van der Waals surface area contributed by atoms with Gasteiger partial charge in [0.1, 0.15) is 5.76 Å². The van der Waals surface area contributed by atoms with E-state index in [1.807, 2.05) is 12.1 Å². The molecule has 2 aromatic heterocycles. The Hall–Kier alpha value is -1.73. The molecule has 1 fully saturated rings. The number of nitrogens with zero attached hydrogens (tertiary/aromatic N) is 4. The van der Waals surface area contributed by atoms with Gasteiger partial charge in [-0.15, -0.1) is 10.2 Å². The van der Waals surface area contributed by atoms with Crippen molar-refractivity contribution >= 4 is 17.7 Å². The minimum atomic E-state index is 0.482. The molecule has 7 heteroatoms. The van der Waals surface area contributed by atoms with Gasteiger partial charge in [-0.3, -0.25) is 4.57 Å². The summed E-state index contributed by atoms with van der Waals surface area (Å²) in [4.78, 5) is 2.25. The molecule has 1 aliphatic carbocycles. The molecule has 0 spiro atoms. The Balaban J connectivity index is 1.60. The van der Waals surface area contributed by atoms with Gasteiger partial charge in [0.15, 0.2) is 5.16 Å². The summed E-state index contributed by atoms with van der Waals surface area (Å²) >= 11 is 1.80. The lowest BCUT2D eigenvalue weighted by atomic mass is 10.1. The van der Waals surface area contributed by atoms with Crippen LogP contribution >= 0.6 is 11.8 Å². The first-order chi connectivity index (χ1) is 11.9. The summed E-state index contributed by atoms with van der Waals surface area (Å²) < 4.78 is 13.2. The van der Waals surface area contributed by atoms with Crippen molar-refractivity contribution in [2.24, 2.45) is 0 Å². The molecule has 0 unspecified atom stereocenters. The summed E-state index contributed by atoms with van der Waals surface area (Å²) in [6.07, 6.45) is 9.92. The molecular weight excluding hydrogens is 324 g/mol. The highest BCUT2D eigenvalue weighted by Gasteiger charge is 2.23. The molecule has 1 atom stereocenters. The van der Waals surface area contributed by atoms with E-state index in [9.17, 15) is 0 Å². The van der Waals surface area contributed by atoms with Gasteiger partial charge in [-0.2, -0.15) is 0 Å². The average molecular weight is 346 g/mol. The average Bonchev–Trinajstić information content (AvgIpc) is 3.28. The lowest BCUT2D eigenvalue weighted by molar-refractivity contribution is 0.121. The van der Waals surface area contributed by atoms with Crippen LogP contribution in [0.1, 0.15) is 25.0 Å². The second kappa shape index (κ2) is 7.44. The van der Waals surface area contributed by atoms with Crippen LogP contribution in [0.5, 0.6) is 0 Å². The van der Waals surface area contributed by atoms with Crippen LogP contribution < -0.4 is 4.90 Å². The molecule has 0 N–H and O–H groups in total. The fourth-order valence-corrected chi connectivity index (χ4v) is 4.18. The summed E-state index contributed by atoms with van der Waals surface area (Å²) in [6.45, 7) is 3.84. The van der Waals surface area contributed by atoms with E-state index in [2.05, 4.69) is 31.8 Å². The molecule has 128 valence electrons. The van der Waals surface area contributed by atoms with Crippen molar-refractivity contribution in [3.8, 4) is 0 Å². The largest absolute Gasteiger partial charge is 0.467 e. The van der Waals surface area contributed by atoms with Gasteiger partial charge in [-0.05, 0) is 31.4 Å². The third-order valence-corrected chi connectivity index (χ3v) is 5.56. The minimum Gasteiger partial charge on any atom is -0.467 e. The van der Waals surface area contributed by atoms with Gasteiger partial charge in [0.2, 0.25) is 5.95 Å². The quantitative estimate of drug-likeness (QED) is 0.776. The molecule has 3 heterocycles. The van der Waals surface area contributed by atoms with E-state index in [1.54, 1.807) is 18.0 Å². The molecule has 0 amide bonds. The van der Waals surface area contributed by atoms with Crippen molar-refractivity contribution < 1.29 is 9.15 Å². The van der Waals surface area contributed by atoms with Crippen molar-refractivity contribution in [3.05, 3.63) is 36.3 Å². The summed E-state index contributed by atoms with van der Waals surface area (Å²) in [6, 6.07) is 3.92. The Bertz CT molecular complexity index is 677. The number of aromatic nitrogens is 3. The Morgan fingerprint density at radius 2 is 2.17 bits per heavy atom. The van der Waals surface area contributed by atoms with Crippen LogP contribution in [0, 0.1) is 0 Å². The normalized spacial score (nSPS) is 21.3. The van der Waals surface area contributed by atoms with Gasteiger partial charge in [-0.1, -0.05) is 23.9 Å². The lowest BCUT2D eigenvalue weighted by Crippen LogP contribution is -2.38. The number of hydrogen-bond donors (Lipinski definition) is 0. The van der Waals surface area contributed by atoms with Crippen molar-refractivity contribution in [1.29, 1.82) is 0 Å². The van der Waals surface area contributed by atoms with Crippen LogP contribution in [0.25, 0.3) is 0 Å². The first-order valence-electron chi connectivity index (χ1n) is 8.52. The molecule has 0 bridgehead atoms. The zero-order valence-corrected chi connectivity index (χ0v) is 14.5. The minimum absolute atomic E-state index is 0.482. The Morgan fingerprint density at radius 3 is 2.92 bits per heavy atom. The second-order valence-corrected chi connectivity index (χ2v) is 7.27. The summed E-state index contributed by atoms with van der Waals surface area (Å²) in [5.74, 6) is 1.84. The van der Waals surface area contributed by atoms with E-state index in [4.69, 9.17) is 9.15 Å². The highest BCUT2D eigenvalue weighted by atomic mass is 32.2. The SMILES string of the molecule is C1=C[C@@H](Sc2nnc(N3CCOCC3)n2Cc2ccco2)CCC1. The molecule has 1 saturated heterocycles. The van der Waals surface area contributed by atoms with E-state index < -0.39 is 0 Å². The van der Waals surface area contributed by atoms with Crippen molar-refractivity contribution in [3.63, 3.8) is 0 Å². The topological polar surface area (TPSA) is 56.3 Å². The zero-order chi connectivity index (χ0) is 16.2. The summed E-state index contributed by atoms with van der Waals surface area (Å²) in [5.41, 5.74) is 0. The fraction of sp³-hybridized carbons (Fsp3) is 0.529. The second-order valence-electron chi connectivity index (χ2n) is 6.06. The monoisotopic (exact) mass is 346 g/mol. The number of thioether (sulfide) groups is 1. The van der Waals surface area contributed by atoms with Crippen molar-refractivity contribution in [1.82, 2.24) is 14.8 Å². The molecule has 2 aromatic rings. The number of rotatable bonds is 5. The smallest absolute Gasteiger partial charge is 0.228 e.